The highest BCUT2D eigenvalue weighted by Gasteiger charge is 2.20. The van der Waals surface area contributed by atoms with Gasteiger partial charge in [-0.2, -0.15) is 5.26 Å². The summed E-state index contributed by atoms with van der Waals surface area (Å²) in [7, 11) is 0. The van der Waals surface area contributed by atoms with Crippen molar-refractivity contribution in [3.05, 3.63) is 71.8 Å². The van der Waals surface area contributed by atoms with Gasteiger partial charge in [0, 0.05) is 17.3 Å². The Balaban J connectivity index is 2.12. The molecule has 1 atom stereocenters. The Hall–Kier alpha value is -3.83. The number of carbonyl (C=O) groups is 2. The minimum Gasteiger partial charge on any atom is -0.491 e. The topological polar surface area (TPSA) is 129 Å². The van der Waals surface area contributed by atoms with Gasteiger partial charge in [0.25, 0.3) is 0 Å². The molecule has 0 saturated heterocycles. The predicted octanol–water partition coefficient (Wildman–Crippen LogP) is 4.03. The van der Waals surface area contributed by atoms with Crippen LogP contribution in [0.4, 0.5) is 10.5 Å². The van der Waals surface area contributed by atoms with E-state index in [0.29, 0.717) is 41.8 Å². The molecule has 0 aliphatic heterocycles. The Morgan fingerprint density at radius 3 is 2.58 bits per heavy atom. The smallest absolute Gasteiger partial charge is 0.412 e. The zero-order valence-electron chi connectivity index (χ0n) is 16.9. The molecule has 0 heterocycles. The van der Waals surface area contributed by atoms with Gasteiger partial charge in [-0.3, -0.25) is 5.32 Å². The number of nitrogens with zero attached hydrogens (tertiary/aromatic N) is 1. The Kier molecular flexibility index (Phi) is 9.59. The van der Waals surface area contributed by atoms with Crippen LogP contribution in [-0.2, 0) is 9.53 Å². The van der Waals surface area contributed by atoms with Crippen LogP contribution < -0.4 is 10.1 Å². The van der Waals surface area contributed by atoms with Crippen molar-refractivity contribution < 1.29 is 29.3 Å². The number of nitrogens with one attached hydrogen (secondary N) is 1. The molecule has 0 saturated carbocycles. The van der Waals surface area contributed by atoms with Crippen LogP contribution in [0.1, 0.15) is 36.5 Å². The minimum absolute atomic E-state index is 0.0997. The van der Waals surface area contributed by atoms with E-state index in [4.69, 9.17) is 24.9 Å². The number of amides is 1. The molecule has 0 aliphatic rings. The fourth-order valence-corrected chi connectivity index (χ4v) is 2.82. The highest BCUT2D eigenvalue weighted by Crippen LogP contribution is 2.32. The standard InChI is InChI=1S/C23H24N2O6/c24-16-17-10-12-18(13-11-17)25-23(29)31-21(8-2-1-3-9-22(27)28)19-6-4-5-7-20(19)30-15-14-26/h3-7,9-13,21,26H,1-2,8,14-15H2,(H,25,29)(H,27,28)/b9-3+/t21-/m1/s1. The van der Waals surface area contributed by atoms with Crippen molar-refractivity contribution in [3.63, 3.8) is 0 Å². The molecule has 31 heavy (non-hydrogen) atoms. The molecule has 2 aromatic carbocycles. The monoisotopic (exact) mass is 424 g/mol. The quantitative estimate of drug-likeness (QED) is 0.367. The molecule has 0 fully saturated rings. The van der Waals surface area contributed by atoms with E-state index in [1.54, 1.807) is 54.6 Å². The van der Waals surface area contributed by atoms with E-state index in [-0.39, 0.29) is 13.2 Å². The summed E-state index contributed by atoms with van der Waals surface area (Å²) in [6, 6.07) is 15.4. The zero-order chi connectivity index (χ0) is 22.5. The molecule has 1 amide bonds. The lowest BCUT2D eigenvalue weighted by Crippen LogP contribution is -2.18. The van der Waals surface area contributed by atoms with Crippen LogP contribution in [0.3, 0.4) is 0 Å². The van der Waals surface area contributed by atoms with Crippen molar-refractivity contribution in [1.29, 1.82) is 5.26 Å². The summed E-state index contributed by atoms with van der Waals surface area (Å²) >= 11 is 0. The van der Waals surface area contributed by atoms with E-state index in [1.807, 2.05) is 6.07 Å². The first-order chi connectivity index (χ1) is 15.0. The average molecular weight is 424 g/mol. The number of rotatable bonds is 11. The molecule has 0 aliphatic carbocycles. The van der Waals surface area contributed by atoms with Gasteiger partial charge in [-0.15, -0.1) is 0 Å². The predicted molar refractivity (Wildman–Crippen MR) is 114 cm³/mol. The molecule has 162 valence electrons. The Morgan fingerprint density at radius 1 is 1.16 bits per heavy atom. The third-order valence-electron chi connectivity index (χ3n) is 4.22. The van der Waals surface area contributed by atoms with E-state index in [1.165, 1.54) is 0 Å². The first-order valence-electron chi connectivity index (χ1n) is 9.73. The summed E-state index contributed by atoms with van der Waals surface area (Å²) in [4.78, 5) is 23.1. The number of hydrogen-bond acceptors (Lipinski definition) is 6. The van der Waals surface area contributed by atoms with Crippen LogP contribution in [0.5, 0.6) is 5.75 Å². The molecule has 0 unspecified atom stereocenters. The summed E-state index contributed by atoms with van der Waals surface area (Å²) in [5.74, 6) is -0.522. The van der Waals surface area contributed by atoms with Crippen LogP contribution in [0.25, 0.3) is 0 Å². The maximum Gasteiger partial charge on any atom is 0.412 e. The molecular formula is C23H24N2O6. The molecule has 0 aromatic heterocycles. The molecule has 0 spiro atoms. The van der Waals surface area contributed by atoms with Gasteiger partial charge in [-0.1, -0.05) is 24.3 Å². The zero-order valence-corrected chi connectivity index (χ0v) is 16.9. The molecule has 2 rings (SSSR count). The number of carboxylic acids is 1. The molecule has 8 heteroatoms. The summed E-state index contributed by atoms with van der Waals surface area (Å²) in [5.41, 5.74) is 1.60. The molecule has 3 N–H and O–H groups in total. The van der Waals surface area contributed by atoms with Gasteiger partial charge in [0.1, 0.15) is 18.5 Å². The van der Waals surface area contributed by atoms with Crippen molar-refractivity contribution in [3.8, 4) is 11.8 Å². The fourth-order valence-electron chi connectivity index (χ4n) is 2.82. The van der Waals surface area contributed by atoms with Gasteiger partial charge >= 0.3 is 12.1 Å². The number of unbranched alkanes of at least 4 members (excludes halogenated alkanes) is 1. The average Bonchev–Trinajstić information content (AvgIpc) is 2.77. The molecular weight excluding hydrogens is 400 g/mol. The second kappa shape index (κ2) is 12.7. The van der Waals surface area contributed by atoms with Gasteiger partial charge in [-0.25, -0.2) is 9.59 Å². The third-order valence-corrected chi connectivity index (χ3v) is 4.22. The number of benzene rings is 2. The second-order valence-electron chi connectivity index (χ2n) is 6.49. The van der Waals surface area contributed by atoms with Crippen molar-refractivity contribution in [1.82, 2.24) is 0 Å². The Morgan fingerprint density at radius 2 is 1.90 bits per heavy atom. The van der Waals surface area contributed by atoms with E-state index in [9.17, 15) is 9.59 Å². The maximum absolute atomic E-state index is 12.5. The number of aliphatic hydroxyl groups is 1. The molecule has 2 aromatic rings. The van der Waals surface area contributed by atoms with Crippen molar-refractivity contribution in [2.24, 2.45) is 0 Å². The second-order valence-corrected chi connectivity index (χ2v) is 6.49. The largest absolute Gasteiger partial charge is 0.491 e. The van der Waals surface area contributed by atoms with Gasteiger partial charge in [0.15, 0.2) is 0 Å². The van der Waals surface area contributed by atoms with Gasteiger partial charge < -0.3 is 19.7 Å². The first kappa shape index (κ1) is 23.4. The third kappa shape index (κ3) is 8.20. The number of nitriles is 1. The van der Waals surface area contributed by atoms with Crippen LogP contribution in [0.2, 0.25) is 0 Å². The Labute approximate surface area is 180 Å². The number of allylic oxidation sites excluding steroid dienone is 1. The van der Waals surface area contributed by atoms with Crippen molar-refractivity contribution in [2.45, 2.75) is 25.4 Å². The number of aliphatic carboxylic acids is 1. The summed E-state index contributed by atoms with van der Waals surface area (Å²) < 4.78 is 11.2. The van der Waals surface area contributed by atoms with Crippen LogP contribution >= 0.6 is 0 Å². The number of ether oxygens (including phenoxy) is 2. The van der Waals surface area contributed by atoms with Crippen LogP contribution in [0, 0.1) is 11.3 Å². The normalized spacial score (nSPS) is 11.5. The van der Waals surface area contributed by atoms with Crippen LogP contribution in [-0.4, -0.2) is 35.5 Å². The number of anilines is 1. The summed E-state index contributed by atoms with van der Waals surface area (Å²) in [5, 5.41) is 29.2. The number of carbonyl (C=O) groups excluding carboxylic acids is 1. The van der Waals surface area contributed by atoms with Gasteiger partial charge in [-0.05, 0) is 49.6 Å². The van der Waals surface area contributed by atoms with Gasteiger partial charge in [0.05, 0.1) is 18.2 Å². The lowest BCUT2D eigenvalue weighted by Gasteiger charge is -2.21. The maximum atomic E-state index is 12.5. The highest BCUT2D eigenvalue weighted by molar-refractivity contribution is 5.84. The SMILES string of the molecule is N#Cc1ccc(NC(=O)O[C@H](CCC/C=C/C(=O)O)c2ccccc2OCCO)cc1. The van der Waals surface area contributed by atoms with E-state index in [2.05, 4.69) is 5.32 Å². The van der Waals surface area contributed by atoms with E-state index in [0.717, 1.165) is 6.08 Å². The Bertz CT molecular complexity index is 934. The number of carboxylic acid groups (broad SMARTS) is 1. The highest BCUT2D eigenvalue weighted by atomic mass is 16.6. The summed E-state index contributed by atoms with van der Waals surface area (Å²) in [6.45, 7) is -0.0540. The molecule has 0 radical (unpaired) electrons. The number of aliphatic hydroxyl groups excluding tert-OH is 1. The molecule has 8 nitrogen and oxygen atoms in total. The minimum atomic E-state index is -1.02. The summed E-state index contributed by atoms with van der Waals surface area (Å²) in [6.07, 6.45) is 2.82. The van der Waals surface area contributed by atoms with E-state index >= 15 is 0 Å². The first-order valence-corrected chi connectivity index (χ1v) is 9.73. The number of para-hydroxylation sites is 1. The fraction of sp³-hybridized carbons (Fsp3) is 0.261. The molecule has 0 bridgehead atoms. The van der Waals surface area contributed by atoms with Gasteiger partial charge in [0.2, 0.25) is 0 Å². The van der Waals surface area contributed by atoms with Crippen molar-refractivity contribution >= 4 is 17.7 Å². The number of hydrogen-bond donors (Lipinski definition) is 3. The lowest BCUT2D eigenvalue weighted by molar-refractivity contribution is -0.131. The lowest BCUT2D eigenvalue weighted by atomic mass is 10.0. The van der Waals surface area contributed by atoms with Crippen LogP contribution in [0.15, 0.2) is 60.7 Å². The van der Waals surface area contributed by atoms with E-state index < -0.39 is 18.2 Å². The van der Waals surface area contributed by atoms with Crippen molar-refractivity contribution in [2.75, 3.05) is 18.5 Å².